The minimum absolute atomic E-state index is 0.00655. The summed E-state index contributed by atoms with van der Waals surface area (Å²) < 4.78 is 9.01. The van der Waals surface area contributed by atoms with Crippen molar-refractivity contribution in [3.8, 4) is 17.0 Å². The summed E-state index contributed by atoms with van der Waals surface area (Å²) in [4.78, 5) is 38.9. The van der Waals surface area contributed by atoms with Gasteiger partial charge in [0.25, 0.3) is 11.1 Å². The lowest BCUT2D eigenvalue weighted by Gasteiger charge is -2.32. The second kappa shape index (κ2) is 9.80. The first-order valence-electron chi connectivity index (χ1n) is 12.8. The van der Waals surface area contributed by atoms with Crippen molar-refractivity contribution in [2.75, 3.05) is 46.4 Å². The number of aromatic amines is 1. The molecule has 4 aromatic rings. The van der Waals surface area contributed by atoms with Crippen molar-refractivity contribution in [3.05, 3.63) is 56.6 Å². The van der Waals surface area contributed by atoms with Crippen LogP contribution in [0.1, 0.15) is 24.8 Å². The maximum atomic E-state index is 13.2. The molecule has 4 heterocycles. The highest BCUT2D eigenvalue weighted by atomic mass is 32.1. The summed E-state index contributed by atoms with van der Waals surface area (Å²) in [7, 11) is 2.17. The second-order valence-corrected chi connectivity index (χ2v) is 10.9. The molecule has 6 rings (SSSR count). The van der Waals surface area contributed by atoms with Crippen LogP contribution in [0.4, 0.5) is 0 Å². The van der Waals surface area contributed by atoms with Crippen LogP contribution in [0, 0.1) is 0 Å². The molecule has 0 radical (unpaired) electrons. The van der Waals surface area contributed by atoms with Crippen molar-refractivity contribution < 1.29 is 4.74 Å². The van der Waals surface area contributed by atoms with Gasteiger partial charge in [0.2, 0.25) is 0 Å². The highest BCUT2D eigenvalue weighted by Crippen LogP contribution is 2.33. The Labute approximate surface area is 213 Å². The molecular formula is C27H31N5O3S. The van der Waals surface area contributed by atoms with Crippen molar-refractivity contribution >= 4 is 32.7 Å². The lowest BCUT2D eigenvalue weighted by Crippen LogP contribution is -2.45. The van der Waals surface area contributed by atoms with Crippen LogP contribution in [-0.4, -0.2) is 70.1 Å². The standard InChI is InChI=1S/C27H31N5O3S/c1-30-13-15-31(16-14-30)12-10-18-8-9-21-23-24(18)35-17-4-2-3-11-32-27(34)20-7-5-6-19(25(20)36-32)22(29-23)26(33)28-21/h5-9H,2-4,10-17H2,1H3,(H,28,33). The summed E-state index contributed by atoms with van der Waals surface area (Å²) in [5, 5.41) is 0.645. The van der Waals surface area contributed by atoms with E-state index in [4.69, 9.17) is 9.72 Å². The predicted molar refractivity (Wildman–Crippen MR) is 144 cm³/mol. The van der Waals surface area contributed by atoms with Gasteiger partial charge in [0.1, 0.15) is 17.0 Å². The number of aryl methyl sites for hydroxylation is 1. The molecule has 0 atom stereocenters. The highest BCUT2D eigenvalue weighted by Gasteiger charge is 2.20. The zero-order valence-corrected chi connectivity index (χ0v) is 21.4. The number of fused-ring (bicyclic) bond motifs is 3. The van der Waals surface area contributed by atoms with E-state index in [1.807, 2.05) is 24.3 Å². The van der Waals surface area contributed by atoms with Crippen LogP contribution in [0.5, 0.6) is 5.75 Å². The van der Waals surface area contributed by atoms with E-state index in [0.717, 1.165) is 74.4 Å². The minimum Gasteiger partial charge on any atom is -0.491 e. The fraction of sp³-hybridized carbons (Fsp3) is 0.444. The largest absolute Gasteiger partial charge is 0.491 e. The average molecular weight is 506 g/mol. The molecule has 1 fully saturated rings. The third kappa shape index (κ3) is 4.36. The van der Waals surface area contributed by atoms with E-state index in [2.05, 4.69) is 27.9 Å². The smallest absolute Gasteiger partial charge is 0.275 e. The van der Waals surface area contributed by atoms with Gasteiger partial charge < -0.3 is 19.5 Å². The van der Waals surface area contributed by atoms with E-state index < -0.39 is 0 Å². The Hall–Kier alpha value is -3.01. The summed E-state index contributed by atoms with van der Waals surface area (Å²) in [6.45, 7) is 6.54. The molecule has 8 nitrogen and oxygen atoms in total. The van der Waals surface area contributed by atoms with Crippen LogP contribution in [-0.2, 0) is 13.0 Å². The monoisotopic (exact) mass is 505 g/mol. The SMILES string of the molecule is CN1CCN(CCc2ccc3[nH]c(=O)c4nc3c2OCCCCCn2sc3c-4cccc3c2=O)CC1. The maximum absolute atomic E-state index is 13.2. The average Bonchev–Trinajstić information content (AvgIpc) is 3.21. The van der Waals surface area contributed by atoms with Gasteiger partial charge in [0.05, 0.1) is 22.2 Å². The van der Waals surface area contributed by atoms with Gasteiger partial charge >= 0.3 is 0 Å². The quantitative estimate of drug-likeness (QED) is 0.460. The van der Waals surface area contributed by atoms with E-state index in [0.29, 0.717) is 40.8 Å². The second-order valence-electron chi connectivity index (χ2n) is 9.85. The molecule has 1 N–H and O–H groups in total. The molecular weight excluding hydrogens is 474 g/mol. The summed E-state index contributed by atoms with van der Waals surface area (Å²) in [6, 6.07) is 9.57. The third-order valence-corrected chi connectivity index (χ3v) is 8.56. The Morgan fingerprint density at radius 3 is 2.75 bits per heavy atom. The molecule has 0 saturated carbocycles. The molecule has 4 bridgehead atoms. The Morgan fingerprint density at radius 2 is 1.89 bits per heavy atom. The van der Waals surface area contributed by atoms with E-state index in [9.17, 15) is 9.59 Å². The Balaban J connectivity index is 1.47. The van der Waals surface area contributed by atoms with Gasteiger partial charge in [-0.05, 0) is 50.4 Å². The fourth-order valence-electron chi connectivity index (χ4n) is 5.19. The van der Waals surface area contributed by atoms with Gasteiger partial charge in [-0.1, -0.05) is 29.7 Å². The number of hydrogen-bond donors (Lipinski definition) is 1. The first-order valence-corrected chi connectivity index (χ1v) is 13.6. The number of H-pyrrole nitrogens is 1. The molecule has 0 spiro atoms. The predicted octanol–water partition coefficient (Wildman–Crippen LogP) is 3.32. The van der Waals surface area contributed by atoms with Crippen LogP contribution in [0.25, 0.3) is 32.4 Å². The summed E-state index contributed by atoms with van der Waals surface area (Å²) in [5.74, 6) is 0.772. The van der Waals surface area contributed by atoms with E-state index >= 15 is 0 Å². The first kappa shape index (κ1) is 23.4. The fourth-order valence-corrected chi connectivity index (χ4v) is 6.33. The van der Waals surface area contributed by atoms with Gasteiger partial charge in [-0.25, -0.2) is 4.98 Å². The van der Waals surface area contributed by atoms with Crippen LogP contribution < -0.4 is 15.9 Å². The van der Waals surface area contributed by atoms with Crippen LogP contribution in [0.15, 0.2) is 39.9 Å². The van der Waals surface area contributed by atoms with Gasteiger partial charge in [0, 0.05) is 44.8 Å². The number of aromatic nitrogens is 3. The number of nitrogens with zero attached hydrogens (tertiary/aromatic N) is 4. The maximum Gasteiger partial charge on any atom is 0.275 e. The van der Waals surface area contributed by atoms with E-state index in [1.165, 1.54) is 11.5 Å². The molecule has 0 aliphatic carbocycles. The van der Waals surface area contributed by atoms with Crippen LogP contribution in [0.3, 0.4) is 0 Å². The normalized spacial score (nSPS) is 17.6. The Bertz CT molecular complexity index is 1530. The molecule has 188 valence electrons. The van der Waals surface area contributed by atoms with Gasteiger partial charge in [-0.15, -0.1) is 0 Å². The van der Waals surface area contributed by atoms with Crippen LogP contribution in [0.2, 0.25) is 0 Å². The Morgan fingerprint density at radius 1 is 1.03 bits per heavy atom. The molecule has 1 saturated heterocycles. The van der Waals surface area contributed by atoms with Crippen molar-refractivity contribution in [3.63, 3.8) is 0 Å². The summed E-state index contributed by atoms with van der Waals surface area (Å²) in [6.07, 6.45) is 3.65. The van der Waals surface area contributed by atoms with Crippen molar-refractivity contribution in [2.45, 2.75) is 32.2 Å². The zero-order valence-electron chi connectivity index (χ0n) is 20.6. The number of rotatable bonds is 3. The zero-order chi connectivity index (χ0) is 24.6. The van der Waals surface area contributed by atoms with Crippen molar-refractivity contribution in [2.24, 2.45) is 0 Å². The van der Waals surface area contributed by atoms with Gasteiger partial charge in [-0.2, -0.15) is 0 Å². The molecule has 2 aliphatic rings. The Kier molecular flexibility index (Phi) is 6.37. The molecule has 36 heavy (non-hydrogen) atoms. The molecule has 9 heteroatoms. The number of nitrogens with one attached hydrogen (secondary N) is 1. The molecule has 2 aliphatic heterocycles. The number of benzene rings is 2. The van der Waals surface area contributed by atoms with Gasteiger partial charge in [-0.3, -0.25) is 13.5 Å². The number of piperazine rings is 1. The number of likely N-dealkylation sites (N-methyl/N-ethyl adjacent to an activating group) is 1. The highest BCUT2D eigenvalue weighted by molar-refractivity contribution is 7.14. The van der Waals surface area contributed by atoms with E-state index in [1.54, 1.807) is 3.96 Å². The lowest BCUT2D eigenvalue weighted by molar-refractivity contribution is 0.155. The first-order chi connectivity index (χ1) is 17.6. The minimum atomic E-state index is -0.259. The molecule has 2 aromatic carbocycles. The van der Waals surface area contributed by atoms with Crippen molar-refractivity contribution in [1.29, 1.82) is 0 Å². The summed E-state index contributed by atoms with van der Waals surface area (Å²) >= 11 is 1.43. The molecule has 0 unspecified atom stereocenters. The van der Waals surface area contributed by atoms with Gasteiger partial charge in [0.15, 0.2) is 0 Å². The van der Waals surface area contributed by atoms with E-state index in [-0.39, 0.29) is 11.1 Å². The summed E-state index contributed by atoms with van der Waals surface area (Å²) in [5.41, 5.74) is 3.25. The number of hydrogen-bond acceptors (Lipinski definition) is 7. The lowest BCUT2D eigenvalue weighted by atomic mass is 10.1. The molecule has 2 aromatic heterocycles. The third-order valence-electron chi connectivity index (χ3n) is 7.37. The van der Waals surface area contributed by atoms with Crippen LogP contribution >= 0.6 is 11.5 Å². The number of ether oxygens (including phenoxy) is 1. The molecule has 0 amide bonds. The topological polar surface area (TPSA) is 83.5 Å². The van der Waals surface area contributed by atoms with Crippen molar-refractivity contribution in [1.82, 2.24) is 23.7 Å².